The molecule has 7 heteroatoms. The second-order valence-corrected chi connectivity index (χ2v) is 9.02. The van der Waals surface area contributed by atoms with E-state index in [0.29, 0.717) is 18.0 Å². The standard InChI is InChI=1S/C23H32N6O/c1-15(2)21-20(11-25-16-6-9-29(10-7-16)17-13-30-14-17)26-27-22(21)19-12-28(3)23-18(19)5-4-8-24-23/h4-5,8,12,15-17,25H,6-7,9-11,13-14H2,1-3H3,(H,26,27). The van der Waals surface area contributed by atoms with Crippen LogP contribution in [0.1, 0.15) is 43.9 Å². The van der Waals surface area contributed by atoms with Gasteiger partial charge in [-0.05, 0) is 30.9 Å². The number of piperidine rings is 1. The first kappa shape index (κ1) is 19.7. The fourth-order valence-electron chi connectivity index (χ4n) is 4.91. The minimum absolute atomic E-state index is 0.392. The number of aromatic nitrogens is 4. The lowest BCUT2D eigenvalue weighted by Crippen LogP contribution is -2.53. The van der Waals surface area contributed by atoms with Gasteiger partial charge in [0.1, 0.15) is 5.65 Å². The van der Waals surface area contributed by atoms with E-state index in [0.717, 1.165) is 55.3 Å². The molecule has 5 rings (SSSR count). The van der Waals surface area contributed by atoms with Crippen molar-refractivity contribution in [2.75, 3.05) is 26.3 Å². The van der Waals surface area contributed by atoms with E-state index < -0.39 is 0 Å². The van der Waals surface area contributed by atoms with Gasteiger partial charge in [-0.25, -0.2) is 4.98 Å². The highest BCUT2D eigenvalue weighted by molar-refractivity contribution is 5.94. The van der Waals surface area contributed by atoms with Crippen LogP contribution in [0.5, 0.6) is 0 Å². The summed E-state index contributed by atoms with van der Waals surface area (Å²) in [6.45, 7) is 9.46. The lowest BCUT2D eigenvalue weighted by Gasteiger charge is -2.41. The van der Waals surface area contributed by atoms with Crippen LogP contribution in [0.3, 0.4) is 0 Å². The van der Waals surface area contributed by atoms with E-state index in [1.807, 2.05) is 12.3 Å². The second kappa shape index (κ2) is 8.13. The van der Waals surface area contributed by atoms with Crippen molar-refractivity contribution in [3.8, 4) is 11.3 Å². The van der Waals surface area contributed by atoms with Crippen LogP contribution in [0.15, 0.2) is 24.5 Å². The van der Waals surface area contributed by atoms with Gasteiger partial charge in [0.05, 0.1) is 30.6 Å². The normalized spacial score (nSPS) is 19.1. The Morgan fingerprint density at radius 2 is 2.07 bits per heavy atom. The minimum atomic E-state index is 0.392. The third kappa shape index (κ3) is 3.55. The summed E-state index contributed by atoms with van der Waals surface area (Å²) in [6.07, 6.45) is 6.40. The number of likely N-dealkylation sites (tertiary alicyclic amines) is 1. The van der Waals surface area contributed by atoms with Gasteiger partial charge in [0.2, 0.25) is 0 Å². The minimum Gasteiger partial charge on any atom is -0.378 e. The molecular weight excluding hydrogens is 376 g/mol. The fourth-order valence-corrected chi connectivity index (χ4v) is 4.91. The van der Waals surface area contributed by atoms with Gasteiger partial charge in [-0.2, -0.15) is 5.10 Å². The van der Waals surface area contributed by atoms with Gasteiger partial charge in [-0.15, -0.1) is 0 Å². The Labute approximate surface area is 177 Å². The molecule has 0 saturated carbocycles. The largest absolute Gasteiger partial charge is 0.378 e. The highest BCUT2D eigenvalue weighted by Gasteiger charge is 2.29. The number of hydrogen-bond acceptors (Lipinski definition) is 5. The first-order valence-corrected chi connectivity index (χ1v) is 11.1. The van der Waals surface area contributed by atoms with E-state index in [1.54, 1.807) is 0 Å². The van der Waals surface area contributed by atoms with Crippen molar-refractivity contribution < 1.29 is 4.74 Å². The Kier molecular flexibility index (Phi) is 5.35. The molecule has 7 nitrogen and oxygen atoms in total. The molecule has 0 aromatic carbocycles. The third-order valence-corrected chi connectivity index (χ3v) is 6.69. The monoisotopic (exact) mass is 408 g/mol. The smallest absolute Gasteiger partial charge is 0.140 e. The third-order valence-electron chi connectivity index (χ3n) is 6.69. The van der Waals surface area contributed by atoms with Crippen LogP contribution in [-0.4, -0.2) is 63.0 Å². The average Bonchev–Trinajstić information content (AvgIpc) is 3.28. The zero-order chi connectivity index (χ0) is 20.7. The number of fused-ring (bicyclic) bond motifs is 1. The van der Waals surface area contributed by atoms with Crippen molar-refractivity contribution >= 4 is 11.0 Å². The highest BCUT2D eigenvalue weighted by atomic mass is 16.5. The maximum atomic E-state index is 5.35. The molecule has 0 amide bonds. The first-order chi connectivity index (χ1) is 14.6. The van der Waals surface area contributed by atoms with Crippen molar-refractivity contribution in [2.45, 2.75) is 51.2 Å². The number of aromatic amines is 1. The molecule has 2 fully saturated rings. The predicted octanol–water partition coefficient (Wildman–Crippen LogP) is 3.04. The molecule has 2 saturated heterocycles. The molecule has 5 heterocycles. The summed E-state index contributed by atoms with van der Waals surface area (Å²) >= 11 is 0. The van der Waals surface area contributed by atoms with Crippen LogP contribution >= 0.6 is 0 Å². The van der Waals surface area contributed by atoms with Crippen molar-refractivity contribution in [3.05, 3.63) is 35.8 Å². The number of nitrogens with one attached hydrogen (secondary N) is 2. The average molecular weight is 409 g/mol. The van der Waals surface area contributed by atoms with Crippen molar-refractivity contribution in [2.24, 2.45) is 7.05 Å². The molecule has 30 heavy (non-hydrogen) atoms. The van der Waals surface area contributed by atoms with Crippen LogP contribution in [0.25, 0.3) is 22.3 Å². The number of ether oxygens (including phenoxy) is 1. The van der Waals surface area contributed by atoms with E-state index in [1.165, 1.54) is 24.0 Å². The summed E-state index contributed by atoms with van der Waals surface area (Å²) in [5.41, 5.74) is 5.75. The lowest BCUT2D eigenvalue weighted by molar-refractivity contribution is -0.0719. The van der Waals surface area contributed by atoms with E-state index in [9.17, 15) is 0 Å². The van der Waals surface area contributed by atoms with Gasteiger partial charge in [-0.1, -0.05) is 13.8 Å². The molecule has 0 bridgehead atoms. The van der Waals surface area contributed by atoms with Gasteiger partial charge in [0.25, 0.3) is 0 Å². The van der Waals surface area contributed by atoms with Gasteiger partial charge in [0.15, 0.2) is 0 Å². The Morgan fingerprint density at radius 3 is 2.77 bits per heavy atom. The van der Waals surface area contributed by atoms with Crippen LogP contribution in [0.2, 0.25) is 0 Å². The molecule has 0 aliphatic carbocycles. The zero-order valence-electron chi connectivity index (χ0n) is 18.2. The van der Waals surface area contributed by atoms with Gasteiger partial charge in [-0.3, -0.25) is 10.00 Å². The molecule has 0 spiro atoms. The van der Waals surface area contributed by atoms with Gasteiger partial charge in [0, 0.05) is 61.6 Å². The summed E-state index contributed by atoms with van der Waals surface area (Å²) in [4.78, 5) is 7.12. The van der Waals surface area contributed by atoms with E-state index >= 15 is 0 Å². The quantitative estimate of drug-likeness (QED) is 0.656. The van der Waals surface area contributed by atoms with Gasteiger partial charge >= 0.3 is 0 Å². The molecule has 2 N–H and O–H groups in total. The Bertz CT molecular complexity index is 1010. The van der Waals surface area contributed by atoms with E-state index in [-0.39, 0.29) is 0 Å². The SMILES string of the molecule is CC(C)c1c(CNC2CCN(C3COC3)CC2)n[nH]c1-c1cn(C)c2ncccc12. The highest BCUT2D eigenvalue weighted by Crippen LogP contribution is 2.35. The van der Waals surface area contributed by atoms with Crippen LogP contribution in [0, 0.1) is 0 Å². The molecule has 0 unspecified atom stereocenters. The predicted molar refractivity (Wildman–Crippen MR) is 118 cm³/mol. The number of pyridine rings is 1. The van der Waals surface area contributed by atoms with Gasteiger partial charge < -0.3 is 14.6 Å². The van der Waals surface area contributed by atoms with Crippen LogP contribution in [0.4, 0.5) is 0 Å². The Balaban J connectivity index is 1.32. The molecule has 0 atom stereocenters. The van der Waals surface area contributed by atoms with Crippen molar-refractivity contribution in [1.82, 2.24) is 30.0 Å². The van der Waals surface area contributed by atoms with Crippen LogP contribution in [-0.2, 0) is 18.3 Å². The summed E-state index contributed by atoms with van der Waals surface area (Å²) in [7, 11) is 2.05. The Morgan fingerprint density at radius 1 is 1.27 bits per heavy atom. The molecule has 2 aliphatic heterocycles. The maximum absolute atomic E-state index is 5.35. The number of aryl methyl sites for hydroxylation is 1. The number of hydrogen-bond donors (Lipinski definition) is 2. The summed E-state index contributed by atoms with van der Waals surface area (Å²) in [5.74, 6) is 0.392. The first-order valence-electron chi connectivity index (χ1n) is 11.1. The zero-order valence-corrected chi connectivity index (χ0v) is 18.2. The summed E-state index contributed by atoms with van der Waals surface area (Å²) in [6, 6.07) is 5.36. The summed E-state index contributed by atoms with van der Waals surface area (Å²) < 4.78 is 7.44. The van der Waals surface area contributed by atoms with E-state index in [4.69, 9.17) is 9.84 Å². The Hall–Kier alpha value is -2.22. The molecule has 3 aromatic rings. The molecular formula is C23H32N6O. The topological polar surface area (TPSA) is 71.0 Å². The number of rotatable bonds is 6. The fraction of sp³-hybridized carbons (Fsp3) is 0.565. The summed E-state index contributed by atoms with van der Waals surface area (Å²) in [5, 5.41) is 13.0. The molecule has 0 radical (unpaired) electrons. The second-order valence-electron chi connectivity index (χ2n) is 9.02. The number of H-pyrrole nitrogens is 1. The van der Waals surface area contributed by atoms with Crippen molar-refractivity contribution in [3.63, 3.8) is 0 Å². The van der Waals surface area contributed by atoms with Crippen LogP contribution < -0.4 is 5.32 Å². The van der Waals surface area contributed by atoms with Crippen molar-refractivity contribution in [1.29, 1.82) is 0 Å². The number of nitrogens with zero attached hydrogens (tertiary/aromatic N) is 4. The maximum Gasteiger partial charge on any atom is 0.140 e. The molecule has 2 aliphatic rings. The molecule has 160 valence electrons. The molecule has 3 aromatic heterocycles. The lowest BCUT2D eigenvalue weighted by atomic mass is 9.96. The van der Waals surface area contributed by atoms with E-state index in [2.05, 4.69) is 58.0 Å².